The van der Waals surface area contributed by atoms with Crippen molar-refractivity contribution in [2.75, 3.05) is 7.05 Å². The van der Waals surface area contributed by atoms with Gasteiger partial charge < -0.3 is 5.32 Å². The summed E-state index contributed by atoms with van der Waals surface area (Å²) >= 11 is 11.2. The highest BCUT2D eigenvalue weighted by Crippen LogP contribution is 2.19. The predicted octanol–water partition coefficient (Wildman–Crippen LogP) is 2.36. The third-order valence-corrected chi connectivity index (χ3v) is 1.70. The van der Waals surface area contributed by atoms with Gasteiger partial charge in [-0.15, -0.1) is 0 Å². The van der Waals surface area contributed by atoms with E-state index >= 15 is 0 Å². The van der Waals surface area contributed by atoms with Crippen molar-refractivity contribution in [3.8, 4) is 0 Å². The van der Waals surface area contributed by atoms with E-state index in [0.29, 0.717) is 16.5 Å². The maximum Gasteiger partial charge on any atom is 0.206 e. The number of carbonyl (C=O) groups is 1. The van der Waals surface area contributed by atoms with Crippen molar-refractivity contribution in [1.82, 2.24) is 5.32 Å². The number of halogens is 2. The Kier molecular flexibility index (Phi) is 6.53. The average molecular weight is 206 g/mol. The van der Waals surface area contributed by atoms with E-state index in [4.69, 9.17) is 28.0 Å². The number of hydrogen-bond donors (Lipinski definition) is 1. The van der Waals surface area contributed by atoms with Crippen molar-refractivity contribution >= 4 is 29.6 Å². The summed E-state index contributed by atoms with van der Waals surface area (Å²) in [4.78, 5) is 9.06. The van der Waals surface area contributed by atoms with Gasteiger partial charge in [0.15, 0.2) is 0 Å². The van der Waals surface area contributed by atoms with Crippen molar-refractivity contribution < 1.29 is 4.79 Å². The molecule has 0 spiro atoms. The van der Waals surface area contributed by atoms with E-state index in [1.165, 1.54) is 0 Å². The zero-order chi connectivity index (χ0) is 9.40. The molecule has 1 aromatic carbocycles. The molecule has 0 saturated heterocycles. The van der Waals surface area contributed by atoms with Crippen LogP contribution in [0.4, 0.5) is 0 Å². The van der Waals surface area contributed by atoms with Crippen LogP contribution in [0.15, 0.2) is 24.3 Å². The van der Waals surface area contributed by atoms with Gasteiger partial charge in [0.1, 0.15) is 0 Å². The summed E-state index contributed by atoms with van der Waals surface area (Å²) in [5.41, 5.74) is 0. The lowest BCUT2D eigenvalue weighted by Crippen LogP contribution is -1.98. The van der Waals surface area contributed by atoms with Gasteiger partial charge in [0, 0.05) is 7.05 Å². The maximum atomic E-state index is 9.06. The second kappa shape index (κ2) is 6.95. The fourth-order valence-corrected chi connectivity index (χ4v) is 0.711. The molecule has 12 heavy (non-hydrogen) atoms. The first-order valence-electron chi connectivity index (χ1n) is 3.23. The van der Waals surface area contributed by atoms with Crippen LogP contribution in [0.2, 0.25) is 10.0 Å². The van der Waals surface area contributed by atoms with Crippen LogP contribution in [-0.2, 0) is 4.79 Å². The fourth-order valence-electron chi connectivity index (χ4n) is 0.439. The van der Waals surface area contributed by atoms with Gasteiger partial charge in [-0.1, -0.05) is 35.3 Å². The van der Waals surface area contributed by atoms with Crippen molar-refractivity contribution in [3.63, 3.8) is 0 Å². The first-order chi connectivity index (χ1) is 5.72. The van der Waals surface area contributed by atoms with E-state index in [2.05, 4.69) is 5.32 Å². The standard InChI is InChI=1S/C6H4Cl2.C2H5NO/c7-5-3-1-2-4-6(5)8;1-3-2-4/h1-4H;2H,1H3,(H,3,4). The lowest BCUT2D eigenvalue weighted by atomic mass is 10.4. The molecule has 66 valence electrons. The molecule has 0 aliphatic carbocycles. The summed E-state index contributed by atoms with van der Waals surface area (Å²) in [5.74, 6) is 0. The topological polar surface area (TPSA) is 29.1 Å². The maximum absolute atomic E-state index is 9.06. The van der Waals surface area contributed by atoms with Crippen molar-refractivity contribution in [2.45, 2.75) is 0 Å². The number of benzene rings is 1. The molecule has 0 bridgehead atoms. The van der Waals surface area contributed by atoms with Crippen LogP contribution in [0.1, 0.15) is 0 Å². The van der Waals surface area contributed by atoms with Crippen LogP contribution in [0.5, 0.6) is 0 Å². The van der Waals surface area contributed by atoms with Gasteiger partial charge in [-0.2, -0.15) is 0 Å². The van der Waals surface area contributed by atoms with E-state index in [1.54, 1.807) is 19.2 Å². The third kappa shape index (κ3) is 4.99. The second-order valence-corrected chi connectivity index (χ2v) is 2.64. The zero-order valence-electron chi connectivity index (χ0n) is 6.55. The first kappa shape index (κ1) is 11.3. The van der Waals surface area contributed by atoms with Gasteiger partial charge in [0.05, 0.1) is 10.0 Å². The molecule has 0 atom stereocenters. The van der Waals surface area contributed by atoms with E-state index in [-0.39, 0.29) is 0 Å². The van der Waals surface area contributed by atoms with Gasteiger partial charge >= 0.3 is 0 Å². The monoisotopic (exact) mass is 205 g/mol. The highest BCUT2D eigenvalue weighted by Gasteiger charge is 1.89. The number of carbonyl (C=O) groups excluding carboxylic acids is 1. The summed E-state index contributed by atoms with van der Waals surface area (Å²) < 4.78 is 0. The van der Waals surface area contributed by atoms with E-state index < -0.39 is 0 Å². The first-order valence-corrected chi connectivity index (χ1v) is 3.99. The molecule has 0 aliphatic heterocycles. The van der Waals surface area contributed by atoms with Crippen LogP contribution >= 0.6 is 23.2 Å². The average Bonchev–Trinajstić information content (AvgIpc) is 2.11. The highest BCUT2D eigenvalue weighted by atomic mass is 35.5. The Hall–Kier alpha value is -0.730. The lowest BCUT2D eigenvalue weighted by Gasteiger charge is -1.88. The van der Waals surface area contributed by atoms with Crippen LogP contribution < -0.4 is 5.32 Å². The van der Waals surface area contributed by atoms with E-state index in [0.717, 1.165) is 0 Å². The van der Waals surface area contributed by atoms with Gasteiger partial charge in [-0.3, -0.25) is 4.79 Å². The molecule has 1 rings (SSSR count). The Labute approximate surface area is 81.5 Å². The SMILES string of the molecule is CNC=O.Clc1ccccc1Cl. The van der Waals surface area contributed by atoms with Gasteiger partial charge in [0.25, 0.3) is 0 Å². The normalized spacial score (nSPS) is 7.92. The Morgan fingerprint density at radius 3 is 1.75 bits per heavy atom. The Bertz CT molecular complexity index is 219. The molecule has 0 aliphatic rings. The molecular formula is C8H9Cl2NO. The minimum atomic E-state index is 0.606. The Balaban J connectivity index is 0.000000261. The number of rotatable bonds is 1. The van der Waals surface area contributed by atoms with Crippen molar-refractivity contribution in [3.05, 3.63) is 34.3 Å². The minimum Gasteiger partial charge on any atom is -0.362 e. The predicted molar refractivity (Wildman–Crippen MR) is 51.6 cm³/mol. The van der Waals surface area contributed by atoms with Crippen LogP contribution in [-0.4, -0.2) is 13.5 Å². The van der Waals surface area contributed by atoms with Crippen molar-refractivity contribution in [2.24, 2.45) is 0 Å². The van der Waals surface area contributed by atoms with Gasteiger partial charge in [-0.05, 0) is 12.1 Å². The molecule has 0 aromatic heterocycles. The smallest absolute Gasteiger partial charge is 0.206 e. The third-order valence-electron chi connectivity index (χ3n) is 0.942. The molecule has 0 fully saturated rings. The quantitative estimate of drug-likeness (QED) is 0.702. The van der Waals surface area contributed by atoms with Gasteiger partial charge in [-0.25, -0.2) is 0 Å². The molecule has 0 radical (unpaired) electrons. The summed E-state index contributed by atoms with van der Waals surface area (Å²) in [6.07, 6.45) is 0.625. The van der Waals surface area contributed by atoms with Crippen LogP contribution in [0.25, 0.3) is 0 Å². The molecule has 1 aromatic rings. The molecule has 1 N–H and O–H groups in total. The highest BCUT2D eigenvalue weighted by molar-refractivity contribution is 6.41. The van der Waals surface area contributed by atoms with Gasteiger partial charge in [0.2, 0.25) is 6.41 Å². The summed E-state index contributed by atoms with van der Waals surface area (Å²) in [5, 5.41) is 3.46. The lowest BCUT2D eigenvalue weighted by molar-refractivity contribution is -0.109. The molecule has 4 heteroatoms. The summed E-state index contributed by atoms with van der Waals surface area (Å²) in [6, 6.07) is 7.19. The summed E-state index contributed by atoms with van der Waals surface area (Å²) in [6.45, 7) is 0. The number of hydrogen-bond acceptors (Lipinski definition) is 1. The number of amides is 1. The fraction of sp³-hybridized carbons (Fsp3) is 0.125. The number of nitrogens with one attached hydrogen (secondary N) is 1. The largest absolute Gasteiger partial charge is 0.362 e. The molecule has 1 amide bonds. The zero-order valence-corrected chi connectivity index (χ0v) is 8.06. The van der Waals surface area contributed by atoms with Crippen molar-refractivity contribution in [1.29, 1.82) is 0 Å². The molecular weight excluding hydrogens is 197 g/mol. The van der Waals surface area contributed by atoms with Crippen LogP contribution in [0.3, 0.4) is 0 Å². The van der Waals surface area contributed by atoms with E-state index in [1.807, 2.05) is 12.1 Å². The molecule has 0 heterocycles. The van der Waals surface area contributed by atoms with Crippen LogP contribution in [0, 0.1) is 0 Å². The minimum absolute atomic E-state index is 0.606. The Morgan fingerprint density at radius 1 is 1.25 bits per heavy atom. The summed E-state index contributed by atoms with van der Waals surface area (Å²) in [7, 11) is 1.56. The van der Waals surface area contributed by atoms with E-state index in [9.17, 15) is 0 Å². The Morgan fingerprint density at radius 2 is 1.58 bits per heavy atom. The molecule has 2 nitrogen and oxygen atoms in total. The molecule has 0 unspecified atom stereocenters. The molecule has 0 saturated carbocycles. The second-order valence-electron chi connectivity index (χ2n) is 1.82.